The maximum absolute atomic E-state index is 12.8. The summed E-state index contributed by atoms with van der Waals surface area (Å²) in [5.41, 5.74) is 0.797. The standard InChI is InChI=1S/C28H31F3N4O4/c1-37-23-11-7-20(25(38-2)26(23)39-3)18-34-13-4-14-35(16-15-34)24-12-10-22(17-32-24)33-27(36)19-5-8-21(9-6-19)28(29,30)31/h5-12,17H,4,13-16,18H2,1-3H3,(H,33,36). The minimum atomic E-state index is -4.45. The maximum atomic E-state index is 12.8. The summed E-state index contributed by atoms with van der Waals surface area (Å²) in [4.78, 5) is 21.5. The summed E-state index contributed by atoms with van der Waals surface area (Å²) >= 11 is 0. The van der Waals surface area contributed by atoms with Gasteiger partial charge in [-0.3, -0.25) is 9.69 Å². The Hall–Kier alpha value is -3.99. The van der Waals surface area contributed by atoms with Gasteiger partial charge < -0.3 is 24.4 Å². The highest BCUT2D eigenvalue weighted by Gasteiger charge is 2.30. The smallest absolute Gasteiger partial charge is 0.416 e. The second-order valence-electron chi connectivity index (χ2n) is 9.04. The Bertz CT molecular complexity index is 1270. The summed E-state index contributed by atoms with van der Waals surface area (Å²) in [5, 5.41) is 2.68. The number of hydrogen-bond acceptors (Lipinski definition) is 7. The molecule has 208 valence electrons. The highest BCUT2D eigenvalue weighted by Crippen LogP contribution is 2.40. The second kappa shape index (κ2) is 12.2. The van der Waals surface area contributed by atoms with Crippen LogP contribution in [0.15, 0.2) is 54.7 Å². The Kier molecular flexibility index (Phi) is 8.80. The van der Waals surface area contributed by atoms with Gasteiger partial charge in [0.25, 0.3) is 5.91 Å². The van der Waals surface area contributed by atoms with Crippen molar-refractivity contribution in [3.05, 3.63) is 71.4 Å². The number of pyridine rings is 1. The number of aromatic nitrogens is 1. The van der Waals surface area contributed by atoms with Crippen LogP contribution in [0.2, 0.25) is 0 Å². The van der Waals surface area contributed by atoms with Crippen LogP contribution in [0.1, 0.15) is 27.9 Å². The molecule has 1 aliphatic heterocycles. The Morgan fingerprint density at radius 1 is 0.897 bits per heavy atom. The molecule has 1 aliphatic rings. The van der Waals surface area contributed by atoms with Gasteiger partial charge in [0.2, 0.25) is 5.75 Å². The molecule has 1 N–H and O–H groups in total. The van der Waals surface area contributed by atoms with Crippen molar-refractivity contribution in [3.63, 3.8) is 0 Å². The number of anilines is 2. The molecule has 4 rings (SSSR count). The average Bonchev–Trinajstić information content (AvgIpc) is 3.18. The number of carbonyl (C=O) groups excluding carboxylic acids is 1. The Labute approximate surface area is 225 Å². The molecule has 1 saturated heterocycles. The third-order valence-electron chi connectivity index (χ3n) is 6.57. The van der Waals surface area contributed by atoms with E-state index in [0.29, 0.717) is 29.5 Å². The van der Waals surface area contributed by atoms with Gasteiger partial charge in [0.15, 0.2) is 11.5 Å². The fraction of sp³-hybridized carbons (Fsp3) is 0.357. The van der Waals surface area contributed by atoms with Gasteiger partial charge in [-0.05, 0) is 48.9 Å². The van der Waals surface area contributed by atoms with E-state index in [1.165, 1.54) is 0 Å². The lowest BCUT2D eigenvalue weighted by atomic mass is 10.1. The molecule has 0 radical (unpaired) electrons. The molecule has 8 nitrogen and oxygen atoms in total. The molecule has 2 heterocycles. The van der Waals surface area contributed by atoms with Gasteiger partial charge in [-0.15, -0.1) is 0 Å². The van der Waals surface area contributed by atoms with Crippen molar-refractivity contribution in [1.82, 2.24) is 9.88 Å². The number of carbonyl (C=O) groups is 1. The average molecular weight is 545 g/mol. The molecule has 1 aromatic heterocycles. The number of halogens is 3. The number of amides is 1. The van der Waals surface area contributed by atoms with Crippen LogP contribution in [-0.2, 0) is 12.7 Å². The van der Waals surface area contributed by atoms with Crippen LogP contribution in [0, 0.1) is 0 Å². The fourth-order valence-corrected chi connectivity index (χ4v) is 4.55. The normalized spacial score (nSPS) is 14.5. The molecule has 1 amide bonds. The van der Waals surface area contributed by atoms with Crippen LogP contribution in [0.5, 0.6) is 17.2 Å². The number of nitrogens with one attached hydrogen (secondary N) is 1. The van der Waals surface area contributed by atoms with Crippen LogP contribution >= 0.6 is 0 Å². The van der Waals surface area contributed by atoms with Crippen molar-refractivity contribution in [2.75, 3.05) is 57.7 Å². The highest BCUT2D eigenvalue weighted by molar-refractivity contribution is 6.04. The summed E-state index contributed by atoms with van der Waals surface area (Å²) in [6.45, 7) is 3.99. The SMILES string of the molecule is COc1ccc(CN2CCCN(c3ccc(NC(=O)c4ccc(C(F)(F)F)cc4)cn3)CC2)c(OC)c1OC. The van der Waals surface area contributed by atoms with Gasteiger partial charge >= 0.3 is 6.18 Å². The first-order chi connectivity index (χ1) is 18.7. The van der Waals surface area contributed by atoms with E-state index in [9.17, 15) is 18.0 Å². The summed E-state index contributed by atoms with van der Waals surface area (Å²) in [5.74, 6) is 2.13. The lowest BCUT2D eigenvalue weighted by Gasteiger charge is -2.24. The molecule has 0 spiro atoms. The van der Waals surface area contributed by atoms with Gasteiger partial charge in [-0.1, -0.05) is 6.07 Å². The molecule has 0 unspecified atom stereocenters. The predicted octanol–water partition coefficient (Wildman–Crippen LogP) is 5.09. The van der Waals surface area contributed by atoms with Crippen LogP contribution in [0.3, 0.4) is 0 Å². The van der Waals surface area contributed by atoms with Crippen molar-refractivity contribution in [2.24, 2.45) is 0 Å². The molecule has 2 aromatic carbocycles. The molecule has 11 heteroatoms. The lowest BCUT2D eigenvalue weighted by Crippen LogP contribution is -2.31. The van der Waals surface area contributed by atoms with Gasteiger partial charge in [0, 0.05) is 43.9 Å². The van der Waals surface area contributed by atoms with E-state index in [1.807, 2.05) is 18.2 Å². The summed E-state index contributed by atoms with van der Waals surface area (Å²) in [6.07, 6.45) is -1.96. The van der Waals surface area contributed by atoms with Crippen LogP contribution in [0.25, 0.3) is 0 Å². The number of methoxy groups -OCH3 is 3. The van der Waals surface area contributed by atoms with Crippen LogP contribution < -0.4 is 24.4 Å². The van der Waals surface area contributed by atoms with Crippen LogP contribution in [0.4, 0.5) is 24.7 Å². The second-order valence-corrected chi connectivity index (χ2v) is 9.04. The monoisotopic (exact) mass is 544 g/mol. The summed E-state index contributed by atoms with van der Waals surface area (Å²) < 4.78 is 54.8. The Morgan fingerprint density at radius 2 is 1.64 bits per heavy atom. The zero-order valence-electron chi connectivity index (χ0n) is 22.0. The van der Waals surface area contributed by atoms with Gasteiger partial charge in [0.05, 0.1) is 38.8 Å². The van der Waals surface area contributed by atoms with Gasteiger partial charge in [-0.2, -0.15) is 13.2 Å². The molecular weight excluding hydrogens is 513 g/mol. The van der Waals surface area contributed by atoms with Crippen molar-refractivity contribution >= 4 is 17.4 Å². The summed E-state index contributed by atoms with van der Waals surface area (Å²) in [6, 6.07) is 11.5. The molecule has 0 atom stereocenters. The number of alkyl halides is 3. The van der Waals surface area contributed by atoms with Crippen molar-refractivity contribution in [3.8, 4) is 17.2 Å². The van der Waals surface area contributed by atoms with E-state index < -0.39 is 17.6 Å². The Balaban J connectivity index is 1.35. The first-order valence-corrected chi connectivity index (χ1v) is 12.4. The third-order valence-corrected chi connectivity index (χ3v) is 6.57. The number of benzene rings is 2. The van der Waals surface area contributed by atoms with Gasteiger partial charge in [0.1, 0.15) is 5.82 Å². The molecule has 1 fully saturated rings. The minimum Gasteiger partial charge on any atom is -0.493 e. The van der Waals surface area contributed by atoms with Crippen molar-refractivity contribution in [2.45, 2.75) is 19.1 Å². The maximum Gasteiger partial charge on any atom is 0.416 e. The van der Waals surface area contributed by atoms with Crippen LogP contribution in [-0.4, -0.2) is 63.3 Å². The van der Waals surface area contributed by atoms with Gasteiger partial charge in [-0.25, -0.2) is 4.98 Å². The largest absolute Gasteiger partial charge is 0.493 e. The van der Waals surface area contributed by atoms with E-state index in [4.69, 9.17) is 14.2 Å². The molecular formula is C28H31F3N4O4. The number of nitrogens with zero attached hydrogens (tertiary/aromatic N) is 3. The number of rotatable bonds is 8. The minimum absolute atomic E-state index is 0.130. The number of hydrogen-bond donors (Lipinski definition) is 1. The van der Waals surface area contributed by atoms with E-state index in [0.717, 1.165) is 68.2 Å². The van der Waals surface area contributed by atoms with E-state index in [2.05, 4.69) is 20.1 Å². The predicted molar refractivity (Wildman–Crippen MR) is 142 cm³/mol. The first-order valence-electron chi connectivity index (χ1n) is 12.4. The summed E-state index contributed by atoms with van der Waals surface area (Å²) in [7, 11) is 4.80. The third kappa shape index (κ3) is 6.72. The van der Waals surface area contributed by atoms with Crippen molar-refractivity contribution < 1.29 is 32.2 Å². The molecule has 0 bridgehead atoms. The highest BCUT2D eigenvalue weighted by atomic mass is 19.4. The molecule has 3 aromatic rings. The zero-order chi connectivity index (χ0) is 28.0. The zero-order valence-corrected chi connectivity index (χ0v) is 22.0. The molecule has 0 aliphatic carbocycles. The molecule has 39 heavy (non-hydrogen) atoms. The topological polar surface area (TPSA) is 76.2 Å². The van der Waals surface area contributed by atoms with E-state index in [-0.39, 0.29) is 5.56 Å². The fourth-order valence-electron chi connectivity index (χ4n) is 4.55. The van der Waals surface area contributed by atoms with E-state index >= 15 is 0 Å². The van der Waals surface area contributed by atoms with Crippen molar-refractivity contribution in [1.29, 1.82) is 0 Å². The lowest BCUT2D eigenvalue weighted by molar-refractivity contribution is -0.137. The quantitative estimate of drug-likeness (QED) is 0.423. The molecule has 0 saturated carbocycles. The van der Waals surface area contributed by atoms with E-state index in [1.54, 1.807) is 33.6 Å². The number of ether oxygens (including phenoxy) is 3. The Morgan fingerprint density at radius 3 is 2.26 bits per heavy atom. The first kappa shape index (κ1) is 28.0.